The van der Waals surface area contributed by atoms with Crippen LogP contribution in [0, 0.1) is 5.92 Å². The summed E-state index contributed by atoms with van der Waals surface area (Å²) in [5.41, 5.74) is -0.293. The number of benzene rings is 2. The quantitative estimate of drug-likeness (QED) is 0.364. The van der Waals surface area contributed by atoms with Gasteiger partial charge in [0, 0.05) is 6.07 Å². The Balaban J connectivity index is 1.65. The Morgan fingerprint density at radius 1 is 1.11 bits per heavy atom. The van der Waals surface area contributed by atoms with Gasteiger partial charge in [0.25, 0.3) is 5.88 Å². The molecular weight excluding hydrogens is 467 g/mol. The maximum absolute atomic E-state index is 13.5. The van der Waals surface area contributed by atoms with Crippen molar-refractivity contribution in [1.29, 1.82) is 0 Å². The molecule has 1 aliphatic rings. The number of halogens is 3. The zero-order valence-corrected chi connectivity index (χ0v) is 19.2. The van der Waals surface area contributed by atoms with Crippen molar-refractivity contribution in [2.24, 2.45) is 5.92 Å². The highest BCUT2D eigenvalue weighted by atomic mass is 19.4. The Labute approximate surface area is 199 Å². The van der Waals surface area contributed by atoms with Gasteiger partial charge in [0.05, 0.1) is 32.4 Å². The van der Waals surface area contributed by atoms with Gasteiger partial charge in [-0.05, 0) is 55.5 Å². The highest BCUT2D eigenvalue weighted by Gasteiger charge is 2.35. The lowest BCUT2D eigenvalue weighted by Gasteiger charge is -2.16. The van der Waals surface area contributed by atoms with Crippen LogP contribution in [-0.2, 0) is 17.5 Å². The number of nitrogens with zero attached hydrogens (tertiary/aromatic N) is 3. The van der Waals surface area contributed by atoms with E-state index in [0.717, 1.165) is 36.6 Å². The molecule has 1 fully saturated rings. The molecule has 11 heteroatoms. The van der Waals surface area contributed by atoms with E-state index in [-0.39, 0.29) is 48.7 Å². The zero-order chi connectivity index (χ0) is 25.0. The summed E-state index contributed by atoms with van der Waals surface area (Å²) in [5, 5.41) is 7.88. The first-order chi connectivity index (χ1) is 16.8. The van der Waals surface area contributed by atoms with Crippen LogP contribution in [-0.4, -0.2) is 41.3 Å². The molecule has 0 spiro atoms. The molecular formula is C24H24F3N3O5. The fourth-order valence-corrected chi connectivity index (χ4v) is 3.26. The van der Waals surface area contributed by atoms with Crippen molar-refractivity contribution in [3.63, 3.8) is 0 Å². The van der Waals surface area contributed by atoms with Crippen LogP contribution in [0.1, 0.15) is 41.4 Å². The Kier molecular flexibility index (Phi) is 7.13. The molecule has 0 radical (unpaired) electrons. The fourth-order valence-electron chi connectivity index (χ4n) is 3.26. The number of hydrogen-bond donors (Lipinski definition) is 0. The predicted molar refractivity (Wildman–Crippen MR) is 118 cm³/mol. The van der Waals surface area contributed by atoms with Gasteiger partial charge in [-0.25, -0.2) is 9.48 Å². The molecule has 1 heterocycles. The van der Waals surface area contributed by atoms with Gasteiger partial charge in [0.2, 0.25) is 5.69 Å². The summed E-state index contributed by atoms with van der Waals surface area (Å²) in [6.07, 6.45) is -2.74. The molecule has 0 saturated heterocycles. The first-order valence-electron chi connectivity index (χ1n) is 11.0. The average molecular weight is 491 g/mol. The van der Waals surface area contributed by atoms with Crippen LogP contribution in [0.5, 0.6) is 23.1 Å². The molecule has 0 aliphatic heterocycles. The number of carbonyl (C=O) groups is 1. The number of alkyl halides is 3. The topological polar surface area (TPSA) is 84.7 Å². The van der Waals surface area contributed by atoms with Crippen LogP contribution in [0.3, 0.4) is 0 Å². The minimum atomic E-state index is -4.59. The molecule has 0 N–H and O–H groups in total. The summed E-state index contributed by atoms with van der Waals surface area (Å²) in [6, 6.07) is 10.3. The molecule has 4 rings (SSSR count). The van der Waals surface area contributed by atoms with E-state index in [1.807, 2.05) is 0 Å². The maximum Gasteiger partial charge on any atom is 0.419 e. The smallest absolute Gasteiger partial charge is 0.419 e. The fraction of sp³-hybridized carbons (Fsp3) is 0.375. The number of esters is 1. The molecule has 3 aromatic rings. The van der Waals surface area contributed by atoms with Gasteiger partial charge in [-0.2, -0.15) is 13.2 Å². The minimum absolute atomic E-state index is 0.0348. The molecule has 1 aliphatic carbocycles. The maximum atomic E-state index is 13.5. The Morgan fingerprint density at radius 2 is 1.83 bits per heavy atom. The Bertz CT molecular complexity index is 1170. The number of ether oxygens (including phenoxy) is 4. The number of aromatic nitrogens is 3. The van der Waals surface area contributed by atoms with Crippen molar-refractivity contribution in [3.8, 4) is 23.1 Å². The van der Waals surface area contributed by atoms with Crippen molar-refractivity contribution in [1.82, 2.24) is 15.0 Å². The second-order valence-electron chi connectivity index (χ2n) is 7.98. The summed E-state index contributed by atoms with van der Waals surface area (Å²) >= 11 is 0. The van der Waals surface area contributed by atoms with Crippen molar-refractivity contribution in [3.05, 3.63) is 59.3 Å². The van der Waals surface area contributed by atoms with Gasteiger partial charge in [-0.3, -0.25) is 0 Å². The van der Waals surface area contributed by atoms with Gasteiger partial charge in [0.15, 0.2) is 0 Å². The largest absolute Gasteiger partial charge is 0.497 e. The van der Waals surface area contributed by atoms with Crippen molar-refractivity contribution < 1.29 is 36.9 Å². The third-order valence-electron chi connectivity index (χ3n) is 5.29. The number of carbonyl (C=O) groups excluding carboxylic acids is 1. The predicted octanol–water partition coefficient (Wildman–Crippen LogP) is 5.11. The molecule has 1 saturated carbocycles. The van der Waals surface area contributed by atoms with Crippen LogP contribution in [0.15, 0.2) is 42.5 Å². The first-order valence-corrected chi connectivity index (χ1v) is 11.0. The molecule has 1 aromatic heterocycles. The molecule has 2 aromatic carbocycles. The summed E-state index contributed by atoms with van der Waals surface area (Å²) in [6.45, 7) is 2.11. The third-order valence-corrected chi connectivity index (χ3v) is 5.29. The van der Waals surface area contributed by atoms with Crippen molar-refractivity contribution in [2.45, 2.75) is 32.5 Å². The van der Waals surface area contributed by atoms with Gasteiger partial charge in [0.1, 0.15) is 17.2 Å². The van der Waals surface area contributed by atoms with E-state index in [4.69, 9.17) is 18.9 Å². The Hall–Kier alpha value is -3.76. The van der Waals surface area contributed by atoms with Crippen molar-refractivity contribution in [2.75, 3.05) is 20.3 Å². The van der Waals surface area contributed by atoms with Gasteiger partial charge >= 0.3 is 12.1 Å². The number of methoxy groups -OCH3 is 1. The third kappa shape index (κ3) is 6.03. The van der Waals surface area contributed by atoms with Crippen LogP contribution >= 0.6 is 0 Å². The van der Waals surface area contributed by atoms with E-state index in [0.29, 0.717) is 5.75 Å². The standard InChI is InChI=1S/C24H24F3N3O5/c1-3-33-23(31)21-22(30(29-28-21)13-15-6-8-17(32-2)9-7-15)35-18-10-11-19(24(25,26)27)20(12-18)34-14-16-4-5-16/h6-12,16H,3-5,13-14H2,1-2H3. The lowest BCUT2D eigenvalue weighted by atomic mass is 10.2. The molecule has 186 valence electrons. The SMILES string of the molecule is CCOC(=O)c1nnn(Cc2ccc(OC)cc2)c1Oc1ccc(C(F)(F)F)c(OCC2CC2)c1. The van der Waals surface area contributed by atoms with E-state index in [1.165, 1.54) is 4.68 Å². The van der Waals surface area contributed by atoms with E-state index in [9.17, 15) is 18.0 Å². The molecule has 0 bridgehead atoms. The van der Waals surface area contributed by atoms with E-state index in [1.54, 1.807) is 38.3 Å². The summed E-state index contributed by atoms with van der Waals surface area (Å²) in [5.74, 6) is -0.208. The number of rotatable bonds is 10. The van der Waals surface area contributed by atoms with Crippen LogP contribution in [0.2, 0.25) is 0 Å². The van der Waals surface area contributed by atoms with Gasteiger partial charge < -0.3 is 18.9 Å². The first kappa shape index (κ1) is 24.4. The Morgan fingerprint density at radius 3 is 2.46 bits per heavy atom. The summed E-state index contributed by atoms with van der Waals surface area (Å²) in [7, 11) is 1.55. The van der Waals surface area contributed by atoms with Crippen LogP contribution < -0.4 is 14.2 Å². The summed E-state index contributed by atoms with van der Waals surface area (Å²) < 4.78 is 63.3. The van der Waals surface area contributed by atoms with Gasteiger partial charge in [-0.1, -0.05) is 17.3 Å². The van der Waals surface area contributed by atoms with E-state index in [2.05, 4.69) is 10.3 Å². The highest BCUT2D eigenvalue weighted by Crippen LogP contribution is 2.40. The van der Waals surface area contributed by atoms with E-state index >= 15 is 0 Å². The zero-order valence-electron chi connectivity index (χ0n) is 19.2. The lowest BCUT2D eigenvalue weighted by molar-refractivity contribution is -0.139. The molecule has 0 atom stereocenters. The highest BCUT2D eigenvalue weighted by molar-refractivity contribution is 5.89. The molecule has 0 unspecified atom stereocenters. The average Bonchev–Trinajstić information content (AvgIpc) is 3.58. The second-order valence-corrected chi connectivity index (χ2v) is 7.98. The van der Waals surface area contributed by atoms with E-state index < -0.39 is 17.7 Å². The normalized spacial score (nSPS) is 13.4. The minimum Gasteiger partial charge on any atom is -0.497 e. The molecule has 0 amide bonds. The summed E-state index contributed by atoms with van der Waals surface area (Å²) in [4.78, 5) is 12.4. The monoisotopic (exact) mass is 491 g/mol. The number of hydrogen-bond acceptors (Lipinski definition) is 7. The lowest BCUT2D eigenvalue weighted by Crippen LogP contribution is -2.11. The van der Waals surface area contributed by atoms with Crippen LogP contribution in [0.25, 0.3) is 0 Å². The van der Waals surface area contributed by atoms with Crippen molar-refractivity contribution >= 4 is 5.97 Å². The van der Waals surface area contributed by atoms with Crippen LogP contribution in [0.4, 0.5) is 13.2 Å². The van der Waals surface area contributed by atoms with Gasteiger partial charge in [-0.15, -0.1) is 5.10 Å². The second kappa shape index (κ2) is 10.2. The molecule has 8 nitrogen and oxygen atoms in total. The molecule has 35 heavy (non-hydrogen) atoms.